The van der Waals surface area contributed by atoms with Crippen molar-refractivity contribution in [2.75, 3.05) is 18.1 Å². The van der Waals surface area contributed by atoms with Crippen LogP contribution in [0.3, 0.4) is 0 Å². The van der Waals surface area contributed by atoms with Crippen molar-refractivity contribution >= 4 is 40.4 Å². The van der Waals surface area contributed by atoms with Gasteiger partial charge in [0.2, 0.25) is 0 Å². The fraction of sp³-hybridized carbons (Fsp3) is 0.258. The van der Waals surface area contributed by atoms with Crippen molar-refractivity contribution in [1.82, 2.24) is 0 Å². The molecule has 1 aromatic heterocycles. The Bertz CT molecular complexity index is 1670. The third-order valence-electron chi connectivity index (χ3n) is 7.46. The van der Waals surface area contributed by atoms with Crippen LogP contribution in [0.2, 0.25) is 0 Å². The Morgan fingerprint density at radius 1 is 1.09 bits per heavy atom. The molecule has 0 amide bonds. The molecular weight excluding hydrogens is 577 g/mol. The van der Waals surface area contributed by atoms with Crippen LogP contribution in [0, 0.1) is 21.8 Å². The molecule has 0 unspecified atom stereocenters. The molecule has 0 saturated carbocycles. The van der Waals surface area contributed by atoms with E-state index in [9.17, 15) is 28.9 Å². The molecule has 1 aliphatic heterocycles. The highest BCUT2D eigenvalue weighted by Gasteiger charge is 2.51. The Labute approximate surface area is 250 Å². The summed E-state index contributed by atoms with van der Waals surface area (Å²) >= 11 is 1.37. The number of nitro groups is 1. The summed E-state index contributed by atoms with van der Waals surface area (Å²) in [4.78, 5) is 55.0. The second-order valence-electron chi connectivity index (χ2n) is 9.90. The molecule has 3 aromatic rings. The Balaban J connectivity index is 1.84. The monoisotopic (exact) mass is 605 g/mol. The van der Waals surface area contributed by atoms with Gasteiger partial charge in [-0.05, 0) is 55.5 Å². The number of ether oxygens (including phenoxy) is 2. The standard InChI is InChI=1S/C31H28FN3O7S/c1-3-41-30(37)25-21(23-12-7-13-43-23)16-22-26(28(25)36)24(17-8-5-11-20(14-17)35(39)40)27(31(38)42-4-2)29(33)34(22)19-10-6-9-18(32)15-19/h5-15,21,24-25H,3-4,16,33H2,1-2H3/t21-,24-,25-/m1/s1. The number of non-ortho nitro benzene ring substituents is 1. The number of hydrogen-bond acceptors (Lipinski definition) is 10. The number of Topliss-reactive ketones (excluding diaryl/α,β-unsaturated/α-hetero) is 1. The largest absolute Gasteiger partial charge is 0.465 e. The predicted octanol–water partition coefficient (Wildman–Crippen LogP) is 5.32. The molecule has 2 aromatic carbocycles. The molecule has 0 saturated heterocycles. The number of halogens is 1. The number of nitro benzene ring substituents is 1. The van der Waals surface area contributed by atoms with E-state index >= 15 is 0 Å². The van der Waals surface area contributed by atoms with E-state index in [2.05, 4.69) is 0 Å². The fourth-order valence-electron chi connectivity index (χ4n) is 5.77. The first-order valence-electron chi connectivity index (χ1n) is 13.6. The van der Waals surface area contributed by atoms with Gasteiger partial charge in [-0.3, -0.25) is 24.6 Å². The lowest BCUT2D eigenvalue weighted by Gasteiger charge is -2.43. The topological polar surface area (TPSA) is 142 Å². The molecule has 10 nitrogen and oxygen atoms in total. The van der Waals surface area contributed by atoms with Gasteiger partial charge in [0.15, 0.2) is 5.78 Å². The zero-order chi connectivity index (χ0) is 30.8. The number of allylic oxidation sites excluding steroid dienone is 2. The first-order valence-corrected chi connectivity index (χ1v) is 14.5. The molecule has 12 heteroatoms. The average molecular weight is 606 g/mol. The van der Waals surface area contributed by atoms with Crippen molar-refractivity contribution in [2.45, 2.75) is 32.1 Å². The van der Waals surface area contributed by atoms with Crippen LogP contribution in [-0.2, 0) is 23.9 Å². The number of thiophene rings is 1. The van der Waals surface area contributed by atoms with E-state index in [-0.39, 0.29) is 53.5 Å². The van der Waals surface area contributed by atoms with Crippen molar-refractivity contribution in [2.24, 2.45) is 11.7 Å². The summed E-state index contributed by atoms with van der Waals surface area (Å²) in [5.41, 5.74) is 7.17. The molecule has 0 radical (unpaired) electrons. The summed E-state index contributed by atoms with van der Waals surface area (Å²) in [6.07, 6.45) is 0.101. The van der Waals surface area contributed by atoms with Crippen LogP contribution < -0.4 is 10.6 Å². The average Bonchev–Trinajstić information content (AvgIpc) is 3.51. The molecule has 2 aliphatic rings. The summed E-state index contributed by atoms with van der Waals surface area (Å²) < 4.78 is 25.3. The zero-order valence-electron chi connectivity index (χ0n) is 23.3. The number of nitrogens with zero attached hydrogens (tertiary/aromatic N) is 2. The Morgan fingerprint density at radius 3 is 2.49 bits per heavy atom. The number of hydrogen-bond donors (Lipinski definition) is 1. The molecule has 5 rings (SSSR count). The Kier molecular flexibility index (Phi) is 8.40. The Hall–Kier alpha value is -4.84. The number of carbonyl (C=O) groups excluding carboxylic acids is 3. The summed E-state index contributed by atoms with van der Waals surface area (Å²) in [6, 6.07) is 14.7. The van der Waals surface area contributed by atoms with Crippen molar-refractivity contribution in [3.8, 4) is 0 Å². The molecule has 0 spiro atoms. The van der Waals surface area contributed by atoms with Gasteiger partial charge in [-0.1, -0.05) is 24.3 Å². The van der Waals surface area contributed by atoms with Gasteiger partial charge in [-0.15, -0.1) is 11.3 Å². The van der Waals surface area contributed by atoms with Crippen LogP contribution >= 0.6 is 11.3 Å². The van der Waals surface area contributed by atoms with Crippen LogP contribution in [0.15, 0.2) is 88.7 Å². The molecule has 222 valence electrons. The van der Waals surface area contributed by atoms with Gasteiger partial charge in [0, 0.05) is 34.2 Å². The lowest BCUT2D eigenvalue weighted by Crippen LogP contribution is -2.46. The molecule has 0 fully saturated rings. The zero-order valence-corrected chi connectivity index (χ0v) is 24.1. The van der Waals surface area contributed by atoms with Crippen molar-refractivity contribution in [3.05, 3.63) is 115 Å². The van der Waals surface area contributed by atoms with Crippen molar-refractivity contribution < 1.29 is 33.2 Å². The SMILES string of the molecule is CCOC(=O)C1=C(N)N(c2cccc(F)c2)C2=C(C(=O)[C@H](C(=O)OCC)[C@@H](c3cccs3)C2)[C@H]1c1cccc([N+](=O)[O-])c1. The predicted molar refractivity (Wildman–Crippen MR) is 156 cm³/mol. The molecule has 2 N–H and O–H groups in total. The molecule has 3 atom stereocenters. The van der Waals surface area contributed by atoms with E-state index in [1.54, 1.807) is 32.0 Å². The van der Waals surface area contributed by atoms with Gasteiger partial charge in [0.25, 0.3) is 5.69 Å². The van der Waals surface area contributed by atoms with Crippen LogP contribution in [0.1, 0.15) is 42.5 Å². The Morgan fingerprint density at radius 2 is 1.84 bits per heavy atom. The highest BCUT2D eigenvalue weighted by atomic mass is 32.1. The molecule has 2 heterocycles. The lowest BCUT2D eigenvalue weighted by molar-refractivity contribution is -0.384. The maximum absolute atomic E-state index is 14.7. The van der Waals surface area contributed by atoms with E-state index in [1.165, 1.54) is 52.6 Å². The van der Waals surface area contributed by atoms with Gasteiger partial charge in [0.05, 0.1) is 35.3 Å². The number of anilines is 1. The van der Waals surface area contributed by atoms with Gasteiger partial charge in [0.1, 0.15) is 17.6 Å². The highest BCUT2D eigenvalue weighted by Crippen LogP contribution is 2.52. The molecule has 0 bridgehead atoms. The summed E-state index contributed by atoms with van der Waals surface area (Å²) in [5, 5.41) is 13.5. The second kappa shape index (κ2) is 12.2. The maximum atomic E-state index is 14.7. The van der Waals surface area contributed by atoms with Crippen LogP contribution in [0.25, 0.3) is 0 Å². The van der Waals surface area contributed by atoms with E-state index in [0.29, 0.717) is 5.70 Å². The number of nitrogens with two attached hydrogens (primary N) is 1. The summed E-state index contributed by atoms with van der Waals surface area (Å²) in [7, 11) is 0. The van der Waals surface area contributed by atoms with E-state index in [0.717, 1.165) is 4.88 Å². The van der Waals surface area contributed by atoms with Gasteiger partial charge >= 0.3 is 11.9 Å². The van der Waals surface area contributed by atoms with Gasteiger partial charge in [-0.25, -0.2) is 9.18 Å². The number of ketones is 1. The highest BCUT2D eigenvalue weighted by molar-refractivity contribution is 7.10. The number of carbonyl (C=O) groups is 3. The van der Waals surface area contributed by atoms with Gasteiger partial charge in [-0.2, -0.15) is 0 Å². The third kappa shape index (κ3) is 5.41. The molecule has 1 aliphatic carbocycles. The van der Waals surface area contributed by atoms with E-state index in [4.69, 9.17) is 15.2 Å². The fourth-order valence-corrected chi connectivity index (χ4v) is 6.64. The first kappa shape index (κ1) is 29.6. The maximum Gasteiger partial charge on any atom is 0.338 e. The third-order valence-corrected chi connectivity index (χ3v) is 8.47. The normalized spacial score (nSPS) is 20.1. The smallest absolute Gasteiger partial charge is 0.338 e. The number of esters is 2. The molecular formula is C31H28FN3O7S. The number of rotatable bonds is 8. The minimum atomic E-state index is -1.27. The quantitative estimate of drug-likeness (QED) is 0.156. The summed E-state index contributed by atoms with van der Waals surface area (Å²) in [6.45, 7) is 3.25. The van der Waals surface area contributed by atoms with Crippen LogP contribution in [-0.4, -0.2) is 35.9 Å². The summed E-state index contributed by atoms with van der Waals surface area (Å²) in [5.74, 6) is -6.03. The van der Waals surface area contributed by atoms with Crippen LogP contribution in [0.5, 0.6) is 0 Å². The minimum absolute atomic E-state index is 0.0248. The number of benzene rings is 2. The minimum Gasteiger partial charge on any atom is -0.465 e. The van der Waals surface area contributed by atoms with Crippen molar-refractivity contribution in [3.63, 3.8) is 0 Å². The van der Waals surface area contributed by atoms with E-state index < -0.39 is 46.2 Å². The second-order valence-corrected chi connectivity index (χ2v) is 10.9. The lowest BCUT2D eigenvalue weighted by atomic mass is 9.68. The molecule has 43 heavy (non-hydrogen) atoms. The van der Waals surface area contributed by atoms with Crippen molar-refractivity contribution in [1.29, 1.82) is 0 Å². The van der Waals surface area contributed by atoms with Crippen LogP contribution in [0.4, 0.5) is 15.8 Å². The first-order chi connectivity index (χ1) is 20.7. The van der Waals surface area contributed by atoms with Gasteiger partial charge < -0.3 is 15.2 Å². The van der Waals surface area contributed by atoms with E-state index in [1.807, 2.05) is 11.4 Å².